The summed E-state index contributed by atoms with van der Waals surface area (Å²) >= 11 is 1.24. The van der Waals surface area contributed by atoms with E-state index in [9.17, 15) is 9.59 Å². The first-order chi connectivity index (χ1) is 9.03. The molecule has 1 rings (SSSR count). The molecule has 1 aromatic heterocycles. The van der Waals surface area contributed by atoms with Crippen LogP contribution in [0.2, 0.25) is 0 Å². The van der Waals surface area contributed by atoms with Crippen molar-refractivity contribution in [2.75, 3.05) is 6.61 Å². The van der Waals surface area contributed by atoms with Crippen molar-refractivity contribution in [3.05, 3.63) is 21.6 Å². The van der Waals surface area contributed by atoms with Crippen LogP contribution in [-0.4, -0.2) is 27.8 Å². The fourth-order valence-electron chi connectivity index (χ4n) is 1.72. The van der Waals surface area contributed by atoms with Crippen LogP contribution in [-0.2, 0) is 16.0 Å². The number of thioether (sulfide) groups is 1. The van der Waals surface area contributed by atoms with Gasteiger partial charge in [-0.2, -0.15) is 0 Å². The molecule has 1 aromatic rings. The summed E-state index contributed by atoms with van der Waals surface area (Å²) in [7, 11) is 0. The number of rotatable bonds is 6. The van der Waals surface area contributed by atoms with Crippen LogP contribution in [0.1, 0.15) is 38.4 Å². The van der Waals surface area contributed by atoms with Gasteiger partial charge in [0.1, 0.15) is 5.25 Å². The first-order valence-electron chi connectivity index (χ1n) is 6.46. The van der Waals surface area contributed by atoms with Gasteiger partial charge >= 0.3 is 5.97 Å². The smallest absolute Gasteiger partial charge is 0.319 e. The van der Waals surface area contributed by atoms with Crippen molar-refractivity contribution < 1.29 is 9.53 Å². The minimum atomic E-state index is -0.338. The highest BCUT2D eigenvalue weighted by atomic mass is 32.2. The number of aryl methyl sites for hydroxylation is 1. The number of nitrogens with one attached hydrogen (secondary N) is 1. The van der Waals surface area contributed by atoms with Gasteiger partial charge in [0.25, 0.3) is 5.56 Å². The third-order valence-electron chi connectivity index (χ3n) is 2.73. The zero-order valence-electron chi connectivity index (χ0n) is 11.8. The van der Waals surface area contributed by atoms with Crippen molar-refractivity contribution in [2.24, 2.45) is 0 Å². The predicted octanol–water partition coefficient (Wildman–Crippen LogP) is 2.07. The van der Waals surface area contributed by atoms with Crippen LogP contribution < -0.4 is 5.56 Å². The Morgan fingerprint density at radius 3 is 2.58 bits per heavy atom. The molecule has 0 saturated carbocycles. The van der Waals surface area contributed by atoms with Crippen LogP contribution in [0, 0.1) is 6.92 Å². The number of nitrogens with zero attached hydrogens (tertiary/aromatic N) is 1. The van der Waals surface area contributed by atoms with Crippen LogP contribution in [0.5, 0.6) is 0 Å². The average molecular weight is 284 g/mol. The Morgan fingerprint density at radius 1 is 1.42 bits per heavy atom. The minimum Gasteiger partial charge on any atom is -0.465 e. The third-order valence-corrected chi connectivity index (χ3v) is 3.96. The lowest BCUT2D eigenvalue weighted by Crippen LogP contribution is -2.22. The molecule has 0 radical (unpaired) electrons. The van der Waals surface area contributed by atoms with Gasteiger partial charge in [0.2, 0.25) is 0 Å². The number of carbonyl (C=O) groups is 1. The highest BCUT2D eigenvalue weighted by Gasteiger charge is 2.20. The van der Waals surface area contributed by atoms with Crippen LogP contribution in [0.25, 0.3) is 0 Å². The van der Waals surface area contributed by atoms with Crippen molar-refractivity contribution >= 4 is 17.7 Å². The molecule has 1 atom stereocenters. The van der Waals surface area contributed by atoms with Gasteiger partial charge in [0.15, 0.2) is 5.16 Å². The van der Waals surface area contributed by atoms with E-state index in [2.05, 4.69) is 9.97 Å². The molecule has 0 aromatic carbocycles. The van der Waals surface area contributed by atoms with Crippen molar-refractivity contribution in [1.82, 2.24) is 9.97 Å². The average Bonchev–Trinajstić information content (AvgIpc) is 2.35. The quantitative estimate of drug-likeness (QED) is 0.492. The summed E-state index contributed by atoms with van der Waals surface area (Å²) in [6.45, 7) is 7.76. The molecule has 0 spiro atoms. The maximum Gasteiger partial charge on any atom is 0.319 e. The second-order valence-electron chi connectivity index (χ2n) is 4.06. The first-order valence-corrected chi connectivity index (χ1v) is 7.34. The SMILES string of the molecule is CCOC(=O)C(CC)Sc1nc(C)c(CC)c(=O)[nH]1. The van der Waals surface area contributed by atoms with Gasteiger partial charge in [0, 0.05) is 11.3 Å². The number of ether oxygens (including phenoxy) is 1. The Balaban J connectivity index is 2.92. The molecule has 1 heterocycles. The van der Waals surface area contributed by atoms with Crippen molar-refractivity contribution in [1.29, 1.82) is 0 Å². The number of hydrogen-bond acceptors (Lipinski definition) is 5. The maximum absolute atomic E-state index is 11.8. The van der Waals surface area contributed by atoms with E-state index >= 15 is 0 Å². The molecule has 0 saturated heterocycles. The summed E-state index contributed by atoms with van der Waals surface area (Å²) < 4.78 is 4.99. The molecular weight excluding hydrogens is 264 g/mol. The van der Waals surface area contributed by atoms with E-state index in [4.69, 9.17) is 4.74 Å². The minimum absolute atomic E-state index is 0.129. The fourth-order valence-corrected chi connectivity index (χ4v) is 2.67. The topological polar surface area (TPSA) is 72.0 Å². The number of aromatic amines is 1. The summed E-state index contributed by atoms with van der Waals surface area (Å²) in [5.74, 6) is -0.269. The van der Waals surface area contributed by atoms with E-state index in [-0.39, 0.29) is 16.8 Å². The second-order valence-corrected chi connectivity index (χ2v) is 5.25. The van der Waals surface area contributed by atoms with E-state index in [1.165, 1.54) is 11.8 Å². The zero-order chi connectivity index (χ0) is 14.4. The van der Waals surface area contributed by atoms with Crippen molar-refractivity contribution in [3.8, 4) is 0 Å². The van der Waals surface area contributed by atoms with E-state index in [1.807, 2.05) is 20.8 Å². The lowest BCUT2D eigenvalue weighted by atomic mass is 10.2. The molecule has 1 N–H and O–H groups in total. The molecule has 0 aliphatic carbocycles. The van der Waals surface area contributed by atoms with Gasteiger partial charge < -0.3 is 9.72 Å². The molecule has 5 nitrogen and oxygen atoms in total. The molecule has 6 heteroatoms. The predicted molar refractivity (Wildman–Crippen MR) is 75.5 cm³/mol. The normalized spacial score (nSPS) is 12.2. The Morgan fingerprint density at radius 2 is 2.11 bits per heavy atom. The van der Waals surface area contributed by atoms with Gasteiger partial charge in [-0.15, -0.1) is 0 Å². The number of aromatic nitrogens is 2. The van der Waals surface area contributed by atoms with Gasteiger partial charge in [0.05, 0.1) is 6.61 Å². The van der Waals surface area contributed by atoms with E-state index in [0.717, 1.165) is 0 Å². The van der Waals surface area contributed by atoms with E-state index < -0.39 is 0 Å². The van der Waals surface area contributed by atoms with Crippen molar-refractivity contribution in [2.45, 2.75) is 50.9 Å². The number of esters is 1. The maximum atomic E-state index is 11.8. The lowest BCUT2D eigenvalue weighted by molar-refractivity contribution is -0.142. The summed E-state index contributed by atoms with van der Waals surface area (Å²) in [6, 6.07) is 0. The zero-order valence-corrected chi connectivity index (χ0v) is 12.6. The molecule has 1 unspecified atom stereocenters. The molecule has 0 amide bonds. The number of carbonyl (C=O) groups excluding carboxylic acids is 1. The van der Waals surface area contributed by atoms with Gasteiger partial charge in [-0.05, 0) is 26.7 Å². The van der Waals surface area contributed by atoms with E-state index in [1.54, 1.807) is 6.92 Å². The molecule has 0 bridgehead atoms. The lowest BCUT2D eigenvalue weighted by Gasteiger charge is -2.13. The van der Waals surface area contributed by atoms with Crippen LogP contribution >= 0.6 is 11.8 Å². The number of hydrogen-bond donors (Lipinski definition) is 1. The van der Waals surface area contributed by atoms with Crippen LogP contribution in [0.15, 0.2) is 9.95 Å². The summed E-state index contributed by atoms with van der Waals surface area (Å²) in [5.41, 5.74) is 1.28. The Bertz CT molecular complexity index is 499. The highest BCUT2D eigenvalue weighted by molar-refractivity contribution is 8.00. The Hall–Kier alpha value is -1.30. The summed E-state index contributed by atoms with van der Waals surface area (Å²) in [5, 5.41) is 0.134. The van der Waals surface area contributed by atoms with Crippen molar-refractivity contribution in [3.63, 3.8) is 0 Å². The van der Waals surface area contributed by atoms with E-state index in [0.29, 0.717) is 35.9 Å². The largest absolute Gasteiger partial charge is 0.465 e. The monoisotopic (exact) mass is 284 g/mol. The van der Waals surface area contributed by atoms with Gasteiger partial charge in [-0.3, -0.25) is 9.59 Å². The highest BCUT2D eigenvalue weighted by Crippen LogP contribution is 2.22. The standard InChI is InChI=1S/C13H20N2O3S/c1-5-9-8(4)14-13(15-11(9)16)19-10(6-2)12(17)18-7-3/h10H,5-7H2,1-4H3,(H,14,15,16). The molecule has 19 heavy (non-hydrogen) atoms. The van der Waals surface area contributed by atoms with Gasteiger partial charge in [-0.25, -0.2) is 4.98 Å². The Kier molecular flexibility index (Phi) is 6.08. The van der Waals surface area contributed by atoms with Crippen LogP contribution in [0.3, 0.4) is 0 Å². The molecule has 0 fully saturated rings. The summed E-state index contributed by atoms with van der Waals surface area (Å²) in [6.07, 6.45) is 1.27. The fraction of sp³-hybridized carbons (Fsp3) is 0.615. The molecular formula is C13H20N2O3S. The summed E-state index contributed by atoms with van der Waals surface area (Å²) in [4.78, 5) is 30.6. The van der Waals surface area contributed by atoms with Gasteiger partial charge in [-0.1, -0.05) is 25.6 Å². The molecule has 0 aliphatic heterocycles. The van der Waals surface area contributed by atoms with Crippen LogP contribution in [0.4, 0.5) is 0 Å². The number of H-pyrrole nitrogens is 1. The molecule has 0 aliphatic rings. The Labute approximate surface area is 117 Å². The second kappa shape index (κ2) is 7.33. The third kappa shape index (κ3) is 4.09. The first kappa shape index (κ1) is 15.8. The molecule has 106 valence electrons.